The Bertz CT molecular complexity index is 503. The van der Waals surface area contributed by atoms with Crippen LogP contribution in [0.4, 0.5) is 13.2 Å². The summed E-state index contributed by atoms with van der Waals surface area (Å²) in [7, 11) is 0. The Morgan fingerprint density at radius 3 is 2.48 bits per heavy atom. The van der Waals surface area contributed by atoms with Crippen molar-refractivity contribution < 1.29 is 22.8 Å². The number of carbonyl (C=O) groups excluding carboxylic acids is 2. The summed E-state index contributed by atoms with van der Waals surface area (Å²) in [5.41, 5.74) is 0. The average Bonchev–Trinajstić information content (AvgIpc) is 3.14. The first-order valence-corrected chi connectivity index (χ1v) is 9.48. The van der Waals surface area contributed by atoms with E-state index in [1.807, 2.05) is 4.90 Å². The molecular formula is C18H27F3N2O2. The molecule has 1 saturated carbocycles. The van der Waals surface area contributed by atoms with E-state index in [9.17, 15) is 22.8 Å². The Morgan fingerprint density at radius 2 is 1.80 bits per heavy atom. The van der Waals surface area contributed by atoms with E-state index in [0.29, 0.717) is 12.5 Å². The van der Waals surface area contributed by atoms with Crippen LogP contribution in [-0.4, -0.2) is 53.5 Å². The molecule has 0 bridgehead atoms. The van der Waals surface area contributed by atoms with Crippen LogP contribution in [0.1, 0.15) is 57.8 Å². The maximum atomic E-state index is 12.8. The molecule has 0 spiro atoms. The average molecular weight is 360 g/mol. The van der Waals surface area contributed by atoms with E-state index in [-0.39, 0.29) is 24.9 Å². The van der Waals surface area contributed by atoms with Crippen molar-refractivity contribution in [1.82, 2.24) is 9.80 Å². The summed E-state index contributed by atoms with van der Waals surface area (Å²) in [4.78, 5) is 27.3. The van der Waals surface area contributed by atoms with Crippen LogP contribution in [0.25, 0.3) is 0 Å². The number of likely N-dealkylation sites (tertiary alicyclic amines) is 2. The van der Waals surface area contributed by atoms with Gasteiger partial charge in [0.05, 0.1) is 5.92 Å². The van der Waals surface area contributed by atoms with Crippen molar-refractivity contribution in [3.63, 3.8) is 0 Å². The Hall–Kier alpha value is -1.27. The minimum Gasteiger partial charge on any atom is -0.339 e. The van der Waals surface area contributed by atoms with E-state index < -0.39 is 24.5 Å². The summed E-state index contributed by atoms with van der Waals surface area (Å²) in [6.07, 6.45) is 4.71. The Labute approximate surface area is 146 Å². The minimum absolute atomic E-state index is 0.0818. The zero-order chi connectivity index (χ0) is 18.0. The monoisotopic (exact) mass is 360 g/mol. The van der Waals surface area contributed by atoms with Crippen LogP contribution in [0.3, 0.4) is 0 Å². The predicted molar refractivity (Wildman–Crippen MR) is 86.7 cm³/mol. The van der Waals surface area contributed by atoms with Crippen LogP contribution >= 0.6 is 0 Å². The van der Waals surface area contributed by atoms with Crippen molar-refractivity contribution in [3.05, 3.63) is 0 Å². The molecule has 1 aliphatic carbocycles. The van der Waals surface area contributed by atoms with Crippen LogP contribution < -0.4 is 0 Å². The Balaban J connectivity index is 1.57. The molecule has 0 aromatic carbocycles. The number of alkyl halides is 3. The second-order valence-electron chi connectivity index (χ2n) is 7.86. The van der Waals surface area contributed by atoms with Gasteiger partial charge in [-0.15, -0.1) is 0 Å². The van der Waals surface area contributed by atoms with Gasteiger partial charge in [0, 0.05) is 25.6 Å². The third-order valence-corrected chi connectivity index (χ3v) is 5.92. The predicted octanol–water partition coefficient (Wildman–Crippen LogP) is 3.36. The molecule has 0 aromatic rings. The highest BCUT2D eigenvalue weighted by Crippen LogP contribution is 2.34. The van der Waals surface area contributed by atoms with Gasteiger partial charge in [-0.2, -0.15) is 13.2 Å². The van der Waals surface area contributed by atoms with E-state index in [4.69, 9.17) is 0 Å². The second kappa shape index (κ2) is 7.54. The zero-order valence-corrected chi connectivity index (χ0v) is 14.6. The van der Waals surface area contributed by atoms with Crippen molar-refractivity contribution in [1.29, 1.82) is 0 Å². The lowest BCUT2D eigenvalue weighted by Crippen LogP contribution is -2.42. The maximum absolute atomic E-state index is 12.8. The summed E-state index contributed by atoms with van der Waals surface area (Å²) in [5, 5.41) is 0. The van der Waals surface area contributed by atoms with Crippen molar-refractivity contribution in [2.75, 3.05) is 19.6 Å². The van der Waals surface area contributed by atoms with Crippen molar-refractivity contribution in [2.45, 2.75) is 70.0 Å². The fourth-order valence-corrected chi connectivity index (χ4v) is 4.72. The van der Waals surface area contributed by atoms with Crippen molar-refractivity contribution in [2.24, 2.45) is 11.8 Å². The highest BCUT2D eigenvalue weighted by molar-refractivity contribution is 5.89. The highest BCUT2D eigenvalue weighted by Gasteiger charge is 2.43. The number of amides is 2. The molecule has 2 saturated heterocycles. The van der Waals surface area contributed by atoms with E-state index in [1.54, 1.807) is 0 Å². The van der Waals surface area contributed by atoms with Gasteiger partial charge in [0.2, 0.25) is 11.8 Å². The van der Waals surface area contributed by atoms with Gasteiger partial charge in [0.1, 0.15) is 6.54 Å². The van der Waals surface area contributed by atoms with Gasteiger partial charge in [0.25, 0.3) is 0 Å². The zero-order valence-electron chi connectivity index (χ0n) is 14.6. The van der Waals surface area contributed by atoms with E-state index >= 15 is 0 Å². The molecule has 7 heteroatoms. The molecule has 2 aliphatic heterocycles. The lowest BCUT2D eigenvalue weighted by Gasteiger charge is -2.31. The third kappa shape index (κ3) is 4.67. The normalized spacial score (nSPS) is 28.8. The summed E-state index contributed by atoms with van der Waals surface area (Å²) in [6.45, 7) is -0.662. The molecule has 25 heavy (non-hydrogen) atoms. The number of carbonyl (C=O) groups is 2. The lowest BCUT2D eigenvalue weighted by molar-refractivity contribution is -0.157. The fraction of sp³-hybridized carbons (Fsp3) is 0.889. The first kappa shape index (κ1) is 18.5. The van der Waals surface area contributed by atoms with Crippen molar-refractivity contribution >= 4 is 11.8 Å². The highest BCUT2D eigenvalue weighted by atomic mass is 19.4. The van der Waals surface area contributed by atoms with Gasteiger partial charge in [-0.25, -0.2) is 0 Å². The number of hydrogen-bond acceptors (Lipinski definition) is 2. The fourth-order valence-electron chi connectivity index (χ4n) is 4.72. The van der Waals surface area contributed by atoms with E-state index in [0.717, 1.165) is 24.2 Å². The van der Waals surface area contributed by atoms with Gasteiger partial charge < -0.3 is 9.80 Å². The summed E-state index contributed by atoms with van der Waals surface area (Å²) in [6, 6.07) is 0.211. The SMILES string of the molecule is O=C1C[C@@H](C(=O)N2CCC[C@H]2CC2CCCCC2)CN1CC(F)(F)F. The quantitative estimate of drug-likeness (QED) is 0.771. The second-order valence-corrected chi connectivity index (χ2v) is 7.86. The molecule has 2 amide bonds. The maximum Gasteiger partial charge on any atom is 0.406 e. The molecule has 2 atom stereocenters. The molecule has 142 valence electrons. The van der Waals surface area contributed by atoms with Gasteiger partial charge >= 0.3 is 6.18 Å². The molecule has 0 N–H and O–H groups in total. The van der Waals surface area contributed by atoms with Crippen LogP contribution in [0, 0.1) is 11.8 Å². The largest absolute Gasteiger partial charge is 0.406 e. The standard InChI is InChI=1S/C18H27F3N2O2/c19-18(20,21)12-22-11-14(10-16(22)24)17(25)23-8-4-7-15(23)9-13-5-2-1-3-6-13/h13-15H,1-12H2/t14-,15+/m1/s1. The topological polar surface area (TPSA) is 40.6 Å². The first-order chi connectivity index (χ1) is 11.8. The van der Waals surface area contributed by atoms with Crippen LogP contribution in [0.5, 0.6) is 0 Å². The lowest BCUT2D eigenvalue weighted by atomic mass is 9.84. The molecule has 2 heterocycles. The van der Waals surface area contributed by atoms with Crippen LogP contribution in [0.2, 0.25) is 0 Å². The van der Waals surface area contributed by atoms with Crippen LogP contribution in [0.15, 0.2) is 0 Å². The van der Waals surface area contributed by atoms with Gasteiger partial charge in [-0.1, -0.05) is 32.1 Å². The molecule has 4 nitrogen and oxygen atoms in total. The first-order valence-electron chi connectivity index (χ1n) is 9.48. The van der Waals surface area contributed by atoms with Gasteiger partial charge in [-0.05, 0) is 25.2 Å². The summed E-state index contributed by atoms with van der Waals surface area (Å²) < 4.78 is 37.6. The summed E-state index contributed by atoms with van der Waals surface area (Å²) in [5.74, 6) is -0.615. The van der Waals surface area contributed by atoms with Crippen molar-refractivity contribution in [3.8, 4) is 0 Å². The molecule has 0 radical (unpaired) electrons. The van der Waals surface area contributed by atoms with E-state index in [1.165, 1.54) is 32.1 Å². The number of hydrogen-bond donors (Lipinski definition) is 0. The third-order valence-electron chi connectivity index (χ3n) is 5.92. The molecular weight excluding hydrogens is 333 g/mol. The Morgan fingerprint density at radius 1 is 1.08 bits per heavy atom. The Kier molecular flexibility index (Phi) is 5.58. The smallest absolute Gasteiger partial charge is 0.339 e. The van der Waals surface area contributed by atoms with Gasteiger partial charge in [-0.3, -0.25) is 9.59 Å². The minimum atomic E-state index is -4.41. The number of nitrogens with zero attached hydrogens (tertiary/aromatic N) is 2. The molecule has 0 unspecified atom stereocenters. The van der Waals surface area contributed by atoms with Crippen LogP contribution in [-0.2, 0) is 9.59 Å². The number of rotatable bonds is 4. The van der Waals surface area contributed by atoms with E-state index in [2.05, 4.69) is 0 Å². The molecule has 3 aliphatic rings. The molecule has 3 rings (SSSR count). The number of halogens is 3. The summed E-state index contributed by atoms with van der Waals surface area (Å²) >= 11 is 0. The molecule has 3 fully saturated rings. The molecule has 0 aromatic heterocycles. The van der Waals surface area contributed by atoms with Gasteiger partial charge in [0.15, 0.2) is 0 Å².